The summed E-state index contributed by atoms with van der Waals surface area (Å²) >= 11 is 0. The van der Waals surface area contributed by atoms with Crippen LogP contribution in [0.5, 0.6) is 0 Å². The van der Waals surface area contributed by atoms with Crippen molar-refractivity contribution in [2.24, 2.45) is 5.92 Å². The Bertz CT molecular complexity index is 125. The van der Waals surface area contributed by atoms with E-state index in [9.17, 15) is 0 Å². The maximum absolute atomic E-state index is 3.75. The fraction of sp³-hybridized carbons (Fsp3) is 1.00. The molecule has 0 heterocycles. The molecule has 0 bridgehead atoms. The van der Waals surface area contributed by atoms with Crippen molar-refractivity contribution in [2.45, 2.75) is 71.4 Å². The minimum absolute atomic E-state index is 0.711. The highest BCUT2D eigenvalue weighted by Crippen LogP contribution is 2.18. The van der Waals surface area contributed by atoms with E-state index in [4.69, 9.17) is 0 Å². The average molecular weight is 183 g/mol. The van der Waals surface area contributed by atoms with Crippen LogP contribution in [0.4, 0.5) is 0 Å². The van der Waals surface area contributed by atoms with E-state index in [2.05, 4.69) is 26.1 Å². The summed E-state index contributed by atoms with van der Waals surface area (Å²) in [6, 6.07) is 1.53. The van der Waals surface area contributed by atoms with Crippen LogP contribution in [0.25, 0.3) is 0 Å². The van der Waals surface area contributed by atoms with E-state index in [1.807, 2.05) is 0 Å². The van der Waals surface area contributed by atoms with Gasteiger partial charge in [-0.1, -0.05) is 33.1 Å². The zero-order valence-electron chi connectivity index (χ0n) is 9.47. The van der Waals surface area contributed by atoms with Crippen LogP contribution in [0.2, 0.25) is 0 Å². The van der Waals surface area contributed by atoms with Crippen molar-refractivity contribution >= 4 is 0 Å². The van der Waals surface area contributed by atoms with Gasteiger partial charge in [0.15, 0.2) is 0 Å². The molecular weight excluding hydrogens is 158 g/mol. The second-order valence-corrected chi connectivity index (χ2v) is 5.03. The third kappa shape index (κ3) is 4.66. The summed E-state index contributed by atoms with van der Waals surface area (Å²) in [5.74, 6) is 0.825. The fourth-order valence-corrected chi connectivity index (χ4v) is 2.45. The van der Waals surface area contributed by atoms with E-state index >= 15 is 0 Å². The van der Waals surface area contributed by atoms with Gasteiger partial charge in [0.05, 0.1) is 0 Å². The van der Waals surface area contributed by atoms with Gasteiger partial charge in [-0.15, -0.1) is 0 Å². The van der Waals surface area contributed by atoms with Gasteiger partial charge in [0.2, 0.25) is 0 Å². The minimum atomic E-state index is 0.711. The largest absolute Gasteiger partial charge is 0.311 e. The normalized spacial score (nSPS) is 22.2. The Balaban J connectivity index is 2.14. The lowest BCUT2D eigenvalue weighted by atomic mass is 9.94. The molecule has 0 aliphatic heterocycles. The maximum Gasteiger partial charge on any atom is 0.00695 e. The first-order valence-corrected chi connectivity index (χ1v) is 5.94. The minimum Gasteiger partial charge on any atom is -0.311 e. The average Bonchev–Trinajstić information content (AvgIpc) is 2.04. The lowest BCUT2D eigenvalue weighted by molar-refractivity contribution is 0.322. The van der Waals surface area contributed by atoms with Gasteiger partial charge in [-0.2, -0.15) is 0 Å². The van der Waals surface area contributed by atoms with Gasteiger partial charge in [-0.25, -0.2) is 0 Å². The van der Waals surface area contributed by atoms with Crippen LogP contribution >= 0.6 is 0 Å². The molecule has 1 nitrogen and oxygen atoms in total. The van der Waals surface area contributed by atoms with Gasteiger partial charge in [0, 0.05) is 12.1 Å². The van der Waals surface area contributed by atoms with Gasteiger partial charge in [-0.3, -0.25) is 0 Å². The first kappa shape index (κ1) is 11.0. The molecule has 1 fully saturated rings. The molecule has 13 heavy (non-hydrogen) atoms. The summed E-state index contributed by atoms with van der Waals surface area (Å²) < 4.78 is 0. The fourth-order valence-electron chi connectivity index (χ4n) is 2.45. The van der Waals surface area contributed by atoms with Crippen LogP contribution in [0.3, 0.4) is 0 Å². The molecule has 1 rings (SSSR count). The molecular formula is C12H25N. The van der Waals surface area contributed by atoms with Crippen LogP contribution in [0.1, 0.15) is 59.3 Å². The third-order valence-corrected chi connectivity index (χ3v) is 2.95. The Labute approximate surface area is 83.3 Å². The Hall–Kier alpha value is -0.0400. The molecule has 1 aliphatic rings. The molecule has 78 valence electrons. The smallest absolute Gasteiger partial charge is 0.00695 e. The molecule has 1 heteroatoms. The standard InChI is InChI=1S/C12H25N/c1-10(2)9-11(3)13-12-7-5-4-6-8-12/h10-13H,4-9H2,1-3H3/t11-/m1/s1. The first-order chi connectivity index (χ1) is 6.18. The van der Waals surface area contributed by atoms with Crippen molar-refractivity contribution in [2.75, 3.05) is 0 Å². The molecule has 1 saturated carbocycles. The number of rotatable bonds is 4. The van der Waals surface area contributed by atoms with E-state index in [0.717, 1.165) is 12.0 Å². The summed E-state index contributed by atoms with van der Waals surface area (Å²) in [7, 11) is 0. The van der Waals surface area contributed by atoms with Crippen LogP contribution < -0.4 is 5.32 Å². The monoisotopic (exact) mass is 183 g/mol. The zero-order valence-corrected chi connectivity index (χ0v) is 9.47. The molecule has 1 aliphatic carbocycles. The second kappa shape index (κ2) is 5.64. The van der Waals surface area contributed by atoms with Crippen molar-refractivity contribution in [1.82, 2.24) is 5.32 Å². The maximum atomic E-state index is 3.75. The van der Waals surface area contributed by atoms with Crippen molar-refractivity contribution in [3.05, 3.63) is 0 Å². The van der Waals surface area contributed by atoms with Crippen LogP contribution in [-0.4, -0.2) is 12.1 Å². The highest BCUT2D eigenvalue weighted by atomic mass is 14.9. The molecule has 0 radical (unpaired) electrons. The van der Waals surface area contributed by atoms with Gasteiger partial charge >= 0.3 is 0 Å². The van der Waals surface area contributed by atoms with Crippen LogP contribution in [-0.2, 0) is 0 Å². The summed E-state index contributed by atoms with van der Waals surface area (Å²) in [5, 5.41) is 3.75. The van der Waals surface area contributed by atoms with Gasteiger partial charge in [-0.05, 0) is 32.1 Å². The number of hydrogen-bond donors (Lipinski definition) is 1. The molecule has 0 saturated heterocycles. The predicted molar refractivity (Wildman–Crippen MR) is 58.9 cm³/mol. The number of hydrogen-bond acceptors (Lipinski definition) is 1. The number of nitrogens with one attached hydrogen (secondary N) is 1. The Morgan fingerprint density at radius 3 is 2.23 bits per heavy atom. The van der Waals surface area contributed by atoms with E-state index < -0.39 is 0 Å². The Morgan fingerprint density at radius 1 is 1.08 bits per heavy atom. The Morgan fingerprint density at radius 2 is 1.69 bits per heavy atom. The highest BCUT2D eigenvalue weighted by Gasteiger charge is 2.15. The topological polar surface area (TPSA) is 12.0 Å². The van der Waals surface area contributed by atoms with Gasteiger partial charge in [0.1, 0.15) is 0 Å². The van der Waals surface area contributed by atoms with Crippen LogP contribution in [0, 0.1) is 5.92 Å². The van der Waals surface area contributed by atoms with Crippen molar-refractivity contribution in [1.29, 1.82) is 0 Å². The van der Waals surface area contributed by atoms with E-state index in [1.165, 1.54) is 38.5 Å². The quantitative estimate of drug-likeness (QED) is 0.705. The summed E-state index contributed by atoms with van der Waals surface area (Å²) in [4.78, 5) is 0. The van der Waals surface area contributed by atoms with E-state index in [-0.39, 0.29) is 0 Å². The molecule has 0 aromatic rings. The predicted octanol–water partition coefficient (Wildman–Crippen LogP) is 3.34. The molecule has 1 atom stereocenters. The molecule has 0 aromatic carbocycles. The molecule has 0 amide bonds. The van der Waals surface area contributed by atoms with E-state index in [0.29, 0.717) is 6.04 Å². The lowest BCUT2D eigenvalue weighted by Gasteiger charge is -2.27. The van der Waals surface area contributed by atoms with Gasteiger partial charge in [0.25, 0.3) is 0 Å². The summed E-state index contributed by atoms with van der Waals surface area (Å²) in [5.41, 5.74) is 0. The summed E-state index contributed by atoms with van der Waals surface area (Å²) in [6.45, 7) is 6.94. The molecule has 0 unspecified atom stereocenters. The molecule has 0 spiro atoms. The van der Waals surface area contributed by atoms with Crippen molar-refractivity contribution in [3.8, 4) is 0 Å². The van der Waals surface area contributed by atoms with E-state index in [1.54, 1.807) is 0 Å². The van der Waals surface area contributed by atoms with Gasteiger partial charge < -0.3 is 5.32 Å². The first-order valence-electron chi connectivity index (χ1n) is 5.94. The van der Waals surface area contributed by atoms with Crippen LogP contribution in [0.15, 0.2) is 0 Å². The summed E-state index contributed by atoms with van der Waals surface area (Å²) in [6.07, 6.45) is 8.45. The zero-order chi connectivity index (χ0) is 9.68. The molecule has 1 N–H and O–H groups in total. The van der Waals surface area contributed by atoms with Crippen molar-refractivity contribution < 1.29 is 0 Å². The van der Waals surface area contributed by atoms with Crippen molar-refractivity contribution in [3.63, 3.8) is 0 Å². The Kier molecular flexibility index (Phi) is 4.79. The second-order valence-electron chi connectivity index (χ2n) is 5.03. The third-order valence-electron chi connectivity index (χ3n) is 2.95. The SMILES string of the molecule is CC(C)C[C@@H](C)NC1CCCCC1. The molecule has 0 aromatic heterocycles. The lowest BCUT2D eigenvalue weighted by Crippen LogP contribution is -2.38. The highest BCUT2D eigenvalue weighted by molar-refractivity contribution is 4.75.